The molecule has 0 unspecified atom stereocenters. The first-order chi connectivity index (χ1) is 12.6. The lowest BCUT2D eigenvalue weighted by atomic mass is 10.1. The van der Waals surface area contributed by atoms with Gasteiger partial charge in [-0.05, 0) is 48.6 Å². The van der Waals surface area contributed by atoms with Gasteiger partial charge in [0.05, 0.1) is 12.1 Å². The lowest BCUT2D eigenvalue weighted by Crippen LogP contribution is -2.09. The number of anilines is 2. The monoisotopic (exact) mass is 350 g/mol. The maximum Gasteiger partial charge on any atom is 0.137 e. The van der Waals surface area contributed by atoms with Gasteiger partial charge in [-0.1, -0.05) is 32.0 Å². The maximum atomic E-state index is 5.97. The summed E-state index contributed by atoms with van der Waals surface area (Å²) in [6.45, 7) is 5.92. The van der Waals surface area contributed by atoms with Crippen LogP contribution in [0.3, 0.4) is 0 Å². The molecule has 0 aliphatic carbocycles. The zero-order valence-corrected chi connectivity index (χ0v) is 15.4. The number of rotatable bonds is 8. The van der Waals surface area contributed by atoms with E-state index in [1.165, 1.54) is 5.56 Å². The molecule has 136 valence electrons. The van der Waals surface area contributed by atoms with Crippen LogP contribution in [-0.2, 0) is 6.42 Å². The first kappa shape index (κ1) is 18.0. The second-order valence-corrected chi connectivity index (χ2v) is 6.81. The Kier molecular flexibility index (Phi) is 5.89. The number of fused-ring (bicyclic) bond motifs is 1. The lowest BCUT2D eigenvalue weighted by Gasteiger charge is -2.13. The van der Waals surface area contributed by atoms with E-state index in [4.69, 9.17) is 10.5 Å². The fraction of sp³-hybridized carbons (Fsp3) is 0.333. The van der Waals surface area contributed by atoms with Gasteiger partial charge in [0.1, 0.15) is 17.9 Å². The van der Waals surface area contributed by atoms with Crippen molar-refractivity contribution in [3.63, 3.8) is 0 Å². The molecule has 0 bridgehead atoms. The van der Waals surface area contributed by atoms with Gasteiger partial charge in [0.25, 0.3) is 0 Å². The van der Waals surface area contributed by atoms with Crippen LogP contribution in [0.25, 0.3) is 10.9 Å². The molecule has 0 saturated carbocycles. The average Bonchev–Trinajstić information content (AvgIpc) is 2.63. The van der Waals surface area contributed by atoms with Crippen LogP contribution in [0, 0.1) is 5.92 Å². The number of para-hydroxylation sites is 1. The van der Waals surface area contributed by atoms with Crippen LogP contribution in [0.2, 0.25) is 0 Å². The Morgan fingerprint density at radius 2 is 1.96 bits per heavy atom. The molecule has 0 saturated heterocycles. The molecule has 0 radical (unpaired) electrons. The lowest BCUT2D eigenvalue weighted by molar-refractivity contribution is 0.287. The minimum Gasteiger partial charge on any atom is -0.493 e. The van der Waals surface area contributed by atoms with Crippen molar-refractivity contribution in [2.75, 3.05) is 24.2 Å². The van der Waals surface area contributed by atoms with Crippen LogP contribution in [0.1, 0.15) is 25.8 Å². The highest BCUT2D eigenvalue weighted by molar-refractivity contribution is 5.91. The molecule has 0 amide bonds. The van der Waals surface area contributed by atoms with Crippen molar-refractivity contribution in [1.29, 1.82) is 0 Å². The molecular formula is C21H26N4O. The summed E-state index contributed by atoms with van der Waals surface area (Å²) >= 11 is 0. The summed E-state index contributed by atoms with van der Waals surface area (Å²) in [5.41, 5.74) is 8.69. The zero-order valence-electron chi connectivity index (χ0n) is 15.4. The van der Waals surface area contributed by atoms with Crippen molar-refractivity contribution < 1.29 is 4.74 Å². The molecule has 5 heteroatoms. The molecule has 0 aliphatic heterocycles. The summed E-state index contributed by atoms with van der Waals surface area (Å²) < 4.78 is 5.97. The van der Waals surface area contributed by atoms with Crippen LogP contribution >= 0.6 is 0 Å². The average molecular weight is 350 g/mol. The minimum atomic E-state index is 0.641. The number of ether oxygens (including phenoxy) is 1. The fourth-order valence-corrected chi connectivity index (χ4v) is 2.79. The quantitative estimate of drug-likeness (QED) is 0.593. The third-order valence-corrected chi connectivity index (χ3v) is 4.27. The number of aromatic nitrogens is 2. The van der Waals surface area contributed by atoms with E-state index < -0.39 is 0 Å². The van der Waals surface area contributed by atoms with Crippen molar-refractivity contribution in [2.45, 2.75) is 26.7 Å². The number of benzene rings is 2. The van der Waals surface area contributed by atoms with E-state index in [2.05, 4.69) is 35.2 Å². The van der Waals surface area contributed by atoms with Gasteiger partial charge >= 0.3 is 0 Å². The zero-order chi connectivity index (χ0) is 18.4. The fourth-order valence-electron chi connectivity index (χ4n) is 2.79. The predicted molar refractivity (Wildman–Crippen MR) is 108 cm³/mol. The van der Waals surface area contributed by atoms with E-state index in [-0.39, 0.29) is 0 Å². The number of hydrogen-bond donors (Lipinski definition) is 2. The predicted octanol–water partition coefficient (Wildman–Crippen LogP) is 4.29. The second kappa shape index (κ2) is 8.52. The number of nitrogens with zero attached hydrogens (tertiary/aromatic N) is 2. The van der Waals surface area contributed by atoms with E-state index in [9.17, 15) is 0 Å². The molecule has 1 heterocycles. The summed E-state index contributed by atoms with van der Waals surface area (Å²) in [5, 5.41) is 4.34. The molecule has 1 aromatic heterocycles. The summed E-state index contributed by atoms with van der Waals surface area (Å²) in [5.74, 6) is 2.41. The van der Waals surface area contributed by atoms with Gasteiger partial charge in [-0.2, -0.15) is 0 Å². The molecule has 3 rings (SSSR count). The minimum absolute atomic E-state index is 0.641. The van der Waals surface area contributed by atoms with E-state index in [0.29, 0.717) is 11.6 Å². The molecule has 26 heavy (non-hydrogen) atoms. The molecule has 2 aromatic carbocycles. The third-order valence-electron chi connectivity index (χ3n) is 4.27. The Morgan fingerprint density at radius 1 is 1.12 bits per heavy atom. The SMILES string of the molecule is CC(C)CCOc1ccccc1CCNc1ncnc2ccc(N)cc12. The topological polar surface area (TPSA) is 73.1 Å². The highest BCUT2D eigenvalue weighted by Gasteiger charge is 2.06. The first-order valence-electron chi connectivity index (χ1n) is 9.08. The summed E-state index contributed by atoms with van der Waals surface area (Å²) in [7, 11) is 0. The summed E-state index contributed by atoms with van der Waals surface area (Å²) in [4.78, 5) is 8.65. The maximum absolute atomic E-state index is 5.97. The molecular weight excluding hydrogens is 324 g/mol. The van der Waals surface area contributed by atoms with Crippen molar-refractivity contribution in [3.05, 3.63) is 54.4 Å². The highest BCUT2D eigenvalue weighted by Crippen LogP contribution is 2.23. The molecule has 3 aromatic rings. The smallest absolute Gasteiger partial charge is 0.137 e. The Labute approximate surface area is 154 Å². The normalized spacial score (nSPS) is 11.0. The van der Waals surface area contributed by atoms with Gasteiger partial charge in [0.15, 0.2) is 0 Å². The van der Waals surface area contributed by atoms with Gasteiger partial charge in [0, 0.05) is 17.6 Å². The van der Waals surface area contributed by atoms with Gasteiger partial charge < -0.3 is 15.8 Å². The molecule has 3 N–H and O–H groups in total. The molecule has 0 spiro atoms. The molecule has 0 fully saturated rings. The number of hydrogen-bond acceptors (Lipinski definition) is 5. The van der Waals surface area contributed by atoms with E-state index in [1.807, 2.05) is 36.4 Å². The van der Waals surface area contributed by atoms with Crippen molar-refractivity contribution >= 4 is 22.4 Å². The Bertz CT molecular complexity index is 864. The molecule has 0 atom stereocenters. The summed E-state index contributed by atoms with van der Waals surface area (Å²) in [6, 6.07) is 13.9. The van der Waals surface area contributed by atoms with Gasteiger partial charge in [-0.3, -0.25) is 0 Å². The largest absolute Gasteiger partial charge is 0.493 e. The van der Waals surface area contributed by atoms with Crippen molar-refractivity contribution in [3.8, 4) is 5.75 Å². The third kappa shape index (κ3) is 4.63. The number of nitrogens with one attached hydrogen (secondary N) is 1. The Hall–Kier alpha value is -2.82. The summed E-state index contributed by atoms with van der Waals surface area (Å²) in [6.07, 6.45) is 3.48. The van der Waals surface area contributed by atoms with Crippen LogP contribution in [0.15, 0.2) is 48.8 Å². The number of nitrogen functional groups attached to an aromatic ring is 1. The van der Waals surface area contributed by atoms with Gasteiger partial charge in [-0.25, -0.2) is 9.97 Å². The van der Waals surface area contributed by atoms with Crippen molar-refractivity contribution in [1.82, 2.24) is 9.97 Å². The van der Waals surface area contributed by atoms with Crippen LogP contribution in [0.4, 0.5) is 11.5 Å². The van der Waals surface area contributed by atoms with Crippen LogP contribution in [0.5, 0.6) is 5.75 Å². The second-order valence-electron chi connectivity index (χ2n) is 6.81. The standard InChI is InChI=1S/C21H26N4O/c1-15(2)10-12-26-20-6-4-3-5-16(20)9-11-23-21-18-13-17(22)7-8-19(18)24-14-25-21/h3-8,13-15H,9-12,22H2,1-2H3,(H,23,24,25). The van der Waals surface area contributed by atoms with Gasteiger partial charge in [-0.15, -0.1) is 0 Å². The molecule has 0 aliphatic rings. The first-order valence-corrected chi connectivity index (χ1v) is 9.08. The van der Waals surface area contributed by atoms with Crippen LogP contribution in [-0.4, -0.2) is 23.1 Å². The molecule has 5 nitrogen and oxygen atoms in total. The Morgan fingerprint density at radius 3 is 2.81 bits per heavy atom. The highest BCUT2D eigenvalue weighted by atomic mass is 16.5. The van der Waals surface area contributed by atoms with E-state index in [1.54, 1.807) is 6.33 Å². The van der Waals surface area contributed by atoms with Gasteiger partial charge in [0.2, 0.25) is 0 Å². The van der Waals surface area contributed by atoms with Crippen molar-refractivity contribution in [2.24, 2.45) is 5.92 Å². The number of nitrogens with two attached hydrogens (primary N) is 1. The van der Waals surface area contributed by atoms with Crippen LogP contribution < -0.4 is 15.8 Å². The van der Waals surface area contributed by atoms with E-state index in [0.717, 1.165) is 48.5 Å². The van der Waals surface area contributed by atoms with E-state index >= 15 is 0 Å². The Balaban J connectivity index is 1.64.